The highest BCUT2D eigenvalue weighted by Gasteiger charge is 2.30. The second kappa shape index (κ2) is 5.28. The van der Waals surface area contributed by atoms with Gasteiger partial charge in [0, 0.05) is 26.3 Å². The molecule has 1 amide bonds. The van der Waals surface area contributed by atoms with Gasteiger partial charge in [-0.3, -0.25) is 9.59 Å². The molecule has 0 saturated carbocycles. The number of likely N-dealkylation sites (tertiary alicyclic amines) is 1. The first-order chi connectivity index (χ1) is 8.61. The third-order valence-electron chi connectivity index (χ3n) is 2.74. The average molecular weight is 253 g/mol. The summed E-state index contributed by atoms with van der Waals surface area (Å²) < 4.78 is 6.07. The van der Waals surface area contributed by atoms with Crippen molar-refractivity contribution in [3.05, 3.63) is 28.2 Å². The minimum Gasteiger partial charge on any atom is -0.389 e. The van der Waals surface area contributed by atoms with E-state index in [0.29, 0.717) is 26.2 Å². The first-order valence-electron chi connectivity index (χ1n) is 5.66. The molecule has 0 radical (unpaired) electrons. The van der Waals surface area contributed by atoms with Gasteiger partial charge >= 0.3 is 0 Å². The lowest BCUT2D eigenvalue weighted by Gasteiger charge is -2.35. The van der Waals surface area contributed by atoms with Crippen molar-refractivity contribution in [3.63, 3.8) is 0 Å². The minimum atomic E-state index is -0.451. The molecule has 0 aliphatic carbocycles. The number of amides is 1. The second-order valence-electron chi connectivity index (χ2n) is 4.14. The Balaban J connectivity index is 2.13. The molecule has 1 N–H and O–H groups in total. The Morgan fingerprint density at radius 1 is 1.56 bits per heavy atom. The standard InChI is InChI=1S/C11H15N3O4/c1-18-5-4-14-10(16)3-2-9(12-14)11(17)13-6-8(15)7-13/h2-3,8,15H,4-7H2,1H3. The summed E-state index contributed by atoms with van der Waals surface area (Å²) in [6.45, 7) is 1.29. The van der Waals surface area contributed by atoms with Gasteiger partial charge in [-0.05, 0) is 6.07 Å². The summed E-state index contributed by atoms with van der Waals surface area (Å²) in [7, 11) is 1.53. The molecule has 0 aromatic carbocycles. The van der Waals surface area contributed by atoms with Crippen molar-refractivity contribution in [2.24, 2.45) is 0 Å². The smallest absolute Gasteiger partial charge is 0.274 e. The molecule has 0 spiro atoms. The van der Waals surface area contributed by atoms with Crippen molar-refractivity contribution in [2.45, 2.75) is 12.6 Å². The zero-order valence-corrected chi connectivity index (χ0v) is 10.1. The van der Waals surface area contributed by atoms with Crippen LogP contribution in [0.15, 0.2) is 16.9 Å². The fourth-order valence-corrected chi connectivity index (χ4v) is 1.68. The number of β-amino-alcohol motifs (C(OH)–C–C–N with tert-alkyl or cyclic N) is 1. The Morgan fingerprint density at radius 2 is 2.28 bits per heavy atom. The summed E-state index contributed by atoms with van der Waals surface area (Å²) in [4.78, 5) is 24.9. The monoisotopic (exact) mass is 253 g/mol. The van der Waals surface area contributed by atoms with Gasteiger partial charge in [0.25, 0.3) is 11.5 Å². The van der Waals surface area contributed by atoms with Crippen molar-refractivity contribution < 1.29 is 14.6 Å². The lowest BCUT2D eigenvalue weighted by molar-refractivity contribution is 0.00531. The van der Waals surface area contributed by atoms with Crippen LogP contribution in [0.25, 0.3) is 0 Å². The highest BCUT2D eigenvalue weighted by molar-refractivity contribution is 5.92. The van der Waals surface area contributed by atoms with E-state index in [1.54, 1.807) is 0 Å². The number of hydrogen-bond acceptors (Lipinski definition) is 5. The van der Waals surface area contributed by atoms with E-state index in [-0.39, 0.29) is 17.2 Å². The molecule has 2 heterocycles. The van der Waals surface area contributed by atoms with Gasteiger partial charge in [0.1, 0.15) is 5.69 Å². The zero-order chi connectivity index (χ0) is 13.1. The Morgan fingerprint density at radius 3 is 2.89 bits per heavy atom. The normalized spacial score (nSPS) is 15.6. The van der Waals surface area contributed by atoms with E-state index in [9.17, 15) is 9.59 Å². The molecule has 1 fully saturated rings. The Kier molecular flexibility index (Phi) is 3.73. The predicted molar refractivity (Wildman–Crippen MR) is 62.3 cm³/mol. The SMILES string of the molecule is COCCn1nc(C(=O)N2CC(O)C2)ccc1=O. The van der Waals surface area contributed by atoms with E-state index in [0.717, 1.165) is 0 Å². The fraction of sp³-hybridized carbons (Fsp3) is 0.545. The number of aromatic nitrogens is 2. The molecule has 1 aliphatic heterocycles. The van der Waals surface area contributed by atoms with Crippen molar-refractivity contribution in [1.82, 2.24) is 14.7 Å². The van der Waals surface area contributed by atoms with Crippen LogP contribution in [-0.4, -0.2) is 58.6 Å². The van der Waals surface area contributed by atoms with Crippen LogP contribution in [0, 0.1) is 0 Å². The number of hydrogen-bond donors (Lipinski definition) is 1. The van der Waals surface area contributed by atoms with Gasteiger partial charge < -0.3 is 14.7 Å². The van der Waals surface area contributed by atoms with Gasteiger partial charge in [0.15, 0.2) is 0 Å². The van der Waals surface area contributed by atoms with Gasteiger partial charge in [-0.1, -0.05) is 0 Å². The molecule has 98 valence electrons. The van der Waals surface area contributed by atoms with Crippen LogP contribution in [0.4, 0.5) is 0 Å². The van der Waals surface area contributed by atoms with Crippen LogP contribution in [0.3, 0.4) is 0 Å². The summed E-state index contributed by atoms with van der Waals surface area (Å²) >= 11 is 0. The number of ether oxygens (including phenoxy) is 1. The summed E-state index contributed by atoms with van der Waals surface area (Å²) in [5.41, 5.74) is -0.0650. The largest absolute Gasteiger partial charge is 0.389 e. The van der Waals surface area contributed by atoms with E-state index in [4.69, 9.17) is 9.84 Å². The van der Waals surface area contributed by atoms with Crippen LogP contribution < -0.4 is 5.56 Å². The highest BCUT2D eigenvalue weighted by atomic mass is 16.5. The molecule has 1 aliphatic rings. The summed E-state index contributed by atoms with van der Waals surface area (Å²) in [6.07, 6.45) is -0.451. The summed E-state index contributed by atoms with van der Waals surface area (Å²) in [6, 6.07) is 2.71. The minimum absolute atomic E-state index is 0.206. The van der Waals surface area contributed by atoms with Crippen molar-refractivity contribution in [2.75, 3.05) is 26.8 Å². The van der Waals surface area contributed by atoms with E-state index in [1.165, 1.54) is 28.8 Å². The zero-order valence-electron chi connectivity index (χ0n) is 10.1. The number of carbonyl (C=O) groups excluding carboxylic acids is 1. The first kappa shape index (κ1) is 12.7. The molecule has 0 bridgehead atoms. The number of rotatable bonds is 4. The van der Waals surface area contributed by atoms with Crippen LogP contribution in [0.2, 0.25) is 0 Å². The van der Waals surface area contributed by atoms with Gasteiger partial charge in [-0.25, -0.2) is 4.68 Å². The Labute approximate surface area is 104 Å². The number of carbonyl (C=O) groups is 1. The third-order valence-corrected chi connectivity index (χ3v) is 2.74. The molecule has 7 heteroatoms. The van der Waals surface area contributed by atoms with Gasteiger partial charge in [0.2, 0.25) is 0 Å². The average Bonchev–Trinajstić information content (AvgIpc) is 2.33. The molecule has 2 rings (SSSR count). The van der Waals surface area contributed by atoms with E-state index < -0.39 is 6.10 Å². The molecule has 1 saturated heterocycles. The maximum atomic E-state index is 11.9. The van der Waals surface area contributed by atoms with Crippen molar-refractivity contribution in [3.8, 4) is 0 Å². The number of aliphatic hydroxyl groups excluding tert-OH is 1. The van der Waals surface area contributed by atoms with Gasteiger partial charge in [0.05, 0.1) is 19.3 Å². The van der Waals surface area contributed by atoms with Gasteiger partial charge in [-0.15, -0.1) is 0 Å². The molecular formula is C11H15N3O4. The quantitative estimate of drug-likeness (QED) is 0.721. The van der Waals surface area contributed by atoms with Crippen LogP contribution in [0.5, 0.6) is 0 Å². The summed E-state index contributed by atoms with van der Waals surface area (Å²) in [5.74, 6) is -0.272. The van der Waals surface area contributed by atoms with Crippen LogP contribution >= 0.6 is 0 Å². The molecular weight excluding hydrogens is 238 g/mol. The molecule has 7 nitrogen and oxygen atoms in total. The second-order valence-corrected chi connectivity index (χ2v) is 4.14. The fourth-order valence-electron chi connectivity index (χ4n) is 1.68. The number of aliphatic hydroxyl groups is 1. The lowest BCUT2D eigenvalue weighted by Crippen LogP contribution is -2.53. The topological polar surface area (TPSA) is 84.7 Å². The predicted octanol–water partition coefficient (Wildman–Crippen LogP) is -1.29. The third kappa shape index (κ3) is 2.57. The lowest BCUT2D eigenvalue weighted by atomic mass is 10.1. The van der Waals surface area contributed by atoms with Gasteiger partial charge in [-0.2, -0.15) is 5.10 Å². The highest BCUT2D eigenvalue weighted by Crippen LogP contribution is 2.10. The molecule has 0 atom stereocenters. The molecule has 18 heavy (non-hydrogen) atoms. The maximum absolute atomic E-state index is 11.9. The van der Waals surface area contributed by atoms with Crippen molar-refractivity contribution in [1.29, 1.82) is 0 Å². The number of nitrogens with zero attached hydrogens (tertiary/aromatic N) is 3. The van der Waals surface area contributed by atoms with E-state index in [1.807, 2.05) is 0 Å². The Hall–Kier alpha value is -1.73. The maximum Gasteiger partial charge on any atom is 0.274 e. The van der Waals surface area contributed by atoms with E-state index >= 15 is 0 Å². The van der Waals surface area contributed by atoms with Crippen LogP contribution in [-0.2, 0) is 11.3 Å². The first-order valence-corrected chi connectivity index (χ1v) is 5.66. The van der Waals surface area contributed by atoms with E-state index in [2.05, 4.69) is 5.10 Å². The molecule has 1 aromatic rings. The molecule has 0 unspecified atom stereocenters. The molecule has 1 aromatic heterocycles. The summed E-state index contributed by atoms with van der Waals surface area (Å²) in [5, 5.41) is 13.1. The Bertz CT molecular complexity index is 493. The van der Waals surface area contributed by atoms with Crippen LogP contribution in [0.1, 0.15) is 10.5 Å². The van der Waals surface area contributed by atoms with Crippen molar-refractivity contribution >= 4 is 5.91 Å². The number of methoxy groups -OCH3 is 1.